The Bertz CT molecular complexity index is 520. The average molecular weight is 204 g/mol. The van der Waals surface area contributed by atoms with Crippen LogP contribution in [-0.2, 0) is 4.79 Å². The van der Waals surface area contributed by atoms with Crippen LogP contribution in [0, 0.1) is 5.82 Å². The minimum atomic E-state index is -0.410. The fourth-order valence-corrected chi connectivity index (χ4v) is 1.48. The summed E-state index contributed by atoms with van der Waals surface area (Å²) < 4.78 is 18.3. The van der Waals surface area contributed by atoms with Crippen LogP contribution in [0.1, 0.15) is 6.92 Å². The van der Waals surface area contributed by atoms with Gasteiger partial charge in [-0.05, 0) is 12.1 Å². The third-order valence-corrected chi connectivity index (χ3v) is 2.08. The molecule has 0 atom stereocenters. The number of fused-ring (bicyclic) bond motifs is 1. The van der Waals surface area contributed by atoms with E-state index in [4.69, 9.17) is 4.74 Å². The summed E-state index contributed by atoms with van der Waals surface area (Å²) in [6, 6.07) is 9.63. The molecule has 0 aromatic heterocycles. The molecule has 0 saturated carbocycles. The van der Waals surface area contributed by atoms with Crippen molar-refractivity contribution in [3.05, 3.63) is 42.2 Å². The molecule has 0 bridgehead atoms. The summed E-state index contributed by atoms with van der Waals surface area (Å²) in [6.45, 7) is 1.32. The van der Waals surface area contributed by atoms with Crippen molar-refractivity contribution in [2.45, 2.75) is 6.92 Å². The first-order valence-corrected chi connectivity index (χ1v) is 4.54. The molecule has 3 heteroatoms. The SMILES string of the molecule is CC(=O)Oc1ccc(F)c2ccccc12. The predicted molar refractivity (Wildman–Crippen MR) is 55.2 cm³/mol. The van der Waals surface area contributed by atoms with Gasteiger partial charge in [0.2, 0.25) is 0 Å². The molecule has 0 saturated heterocycles. The van der Waals surface area contributed by atoms with Gasteiger partial charge in [-0.1, -0.05) is 24.3 Å². The number of carbonyl (C=O) groups is 1. The van der Waals surface area contributed by atoms with Gasteiger partial charge in [0, 0.05) is 17.7 Å². The lowest BCUT2D eigenvalue weighted by Crippen LogP contribution is -2.01. The summed E-state index contributed by atoms with van der Waals surface area (Å²) in [5, 5.41) is 1.06. The van der Waals surface area contributed by atoms with E-state index in [-0.39, 0.29) is 5.82 Å². The van der Waals surface area contributed by atoms with Gasteiger partial charge in [0.1, 0.15) is 11.6 Å². The average Bonchev–Trinajstić information content (AvgIpc) is 2.22. The van der Waals surface area contributed by atoms with Crippen LogP contribution in [0.15, 0.2) is 36.4 Å². The smallest absolute Gasteiger partial charge is 0.308 e. The molecule has 2 rings (SSSR count). The molecule has 76 valence electrons. The van der Waals surface area contributed by atoms with Crippen molar-refractivity contribution < 1.29 is 13.9 Å². The van der Waals surface area contributed by atoms with Crippen LogP contribution in [0.4, 0.5) is 4.39 Å². The normalized spacial score (nSPS) is 10.3. The number of rotatable bonds is 1. The molecule has 0 aliphatic carbocycles. The second-order valence-corrected chi connectivity index (χ2v) is 3.18. The van der Waals surface area contributed by atoms with Gasteiger partial charge in [0.25, 0.3) is 0 Å². The van der Waals surface area contributed by atoms with Crippen LogP contribution in [-0.4, -0.2) is 5.97 Å². The molecule has 15 heavy (non-hydrogen) atoms. The fourth-order valence-electron chi connectivity index (χ4n) is 1.48. The second-order valence-electron chi connectivity index (χ2n) is 3.18. The number of hydrogen-bond acceptors (Lipinski definition) is 2. The lowest BCUT2D eigenvalue weighted by molar-refractivity contribution is -0.131. The molecule has 0 aliphatic heterocycles. The highest BCUT2D eigenvalue weighted by Crippen LogP contribution is 2.27. The number of halogens is 1. The van der Waals surface area contributed by atoms with Crippen molar-refractivity contribution in [1.29, 1.82) is 0 Å². The number of benzene rings is 2. The maximum absolute atomic E-state index is 13.4. The van der Waals surface area contributed by atoms with Gasteiger partial charge in [-0.15, -0.1) is 0 Å². The standard InChI is InChI=1S/C12H9FO2/c1-8(14)15-12-7-6-11(13)9-4-2-3-5-10(9)12/h2-7H,1H3. The van der Waals surface area contributed by atoms with E-state index >= 15 is 0 Å². The van der Waals surface area contributed by atoms with E-state index < -0.39 is 5.97 Å². The number of carbonyl (C=O) groups excluding carboxylic acids is 1. The summed E-state index contributed by atoms with van der Waals surface area (Å²) in [5.41, 5.74) is 0. The summed E-state index contributed by atoms with van der Waals surface area (Å²) >= 11 is 0. The van der Waals surface area contributed by atoms with E-state index in [1.54, 1.807) is 24.3 Å². The molecule has 0 aliphatic rings. The monoisotopic (exact) mass is 204 g/mol. The van der Waals surface area contributed by atoms with Crippen LogP contribution in [0.25, 0.3) is 10.8 Å². The topological polar surface area (TPSA) is 26.3 Å². The third kappa shape index (κ3) is 1.81. The lowest BCUT2D eigenvalue weighted by Gasteiger charge is -2.06. The van der Waals surface area contributed by atoms with Crippen molar-refractivity contribution >= 4 is 16.7 Å². The van der Waals surface area contributed by atoms with Crippen LogP contribution in [0.2, 0.25) is 0 Å². The highest BCUT2D eigenvalue weighted by Gasteiger charge is 2.07. The third-order valence-electron chi connectivity index (χ3n) is 2.08. The van der Waals surface area contributed by atoms with Crippen molar-refractivity contribution in [3.63, 3.8) is 0 Å². The van der Waals surface area contributed by atoms with Gasteiger partial charge in [-0.2, -0.15) is 0 Å². The van der Waals surface area contributed by atoms with Crippen LogP contribution >= 0.6 is 0 Å². The summed E-state index contributed by atoms with van der Waals surface area (Å²) in [7, 11) is 0. The molecule has 0 heterocycles. The fraction of sp³-hybridized carbons (Fsp3) is 0.0833. The Hall–Kier alpha value is -1.90. The molecular formula is C12H9FO2. The molecule has 0 fully saturated rings. The molecule has 0 radical (unpaired) electrons. The zero-order chi connectivity index (χ0) is 10.8. The number of ether oxygens (including phenoxy) is 1. The summed E-state index contributed by atoms with van der Waals surface area (Å²) in [4.78, 5) is 10.8. The molecule has 2 nitrogen and oxygen atoms in total. The quantitative estimate of drug-likeness (QED) is 0.527. The van der Waals surface area contributed by atoms with Gasteiger partial charge in [-0.25, -0.2) is 4.39 Å². The second kappa shape index (κ2) is 3.69. The maximum Gasteiger partial charge on any atom is 0.308 e. The molecule has 0 amide bonds. The van der Waals surface area contributed by atoms with Gasteiger partial charge < -0.3 is 4.74 Å². The Labute approximate surface area is 86.3 Å². The van der Waals surface area contributed by atoms with E-state index in [2.05, 4.69) is 0 Å². The highest BCUT2D eigenvalue weighted by atomic mass is 19.1. The number of hydrogen-bond donors (Lipinski definition) is 0. The maximum atomic E-state index is 13.4. The van der Waals surface area contributed by atoms with Crippen molar-refractivity contribution in [1.82, 2.24) is 0 Å². The first-order valence-electron chi connectivity index (χ1n) is 4.54. The summed E-state index contributed by atoms with van der Waals surface area (Å²) in [5.74, 6) is -0.340. The minimum Gasteiger partial charge on any atom is -0.426 e. The van der Waals surface area contributed by atoms with Crippen molar-refractivity contribution in [3.8, 4) is 5.75 Å². The Balaban J connectivity index is 2.66. The Morgan fingerprint density at radius 3 is 2.47 bits per heavy atom. The molecule has 2 aromatic carbocycles. The van der Waals surface area contributed by atoms with E-state index in [9.17, 15) is 9.18 Å². The Morgan fingerprint density at radius 2 is 1.80 bits per heavy atom. The molecule has 0 N–H and O–H groups in total. The minimum absolute atomic E-state index is 0.318. The predicted octanol–water partition coefficient (Wildman–Crippen LogP) is 2.90. The Kier molecular flexibility index (Phi) is 2.37. The molecule has 0 spiro atoms. The number of esters is 1. The van der Waals surface area contributed by atoms with E-state index in [1.807, 2.05) is 0 Å². The van der Waals surface area contributed by atoms with Crippen LogP contribution in [0.3, 0.4) is 0 Å². The largest absolute Gasteiger partial charge is 0.426 e. The van der Waals surface area contributed by atoms with Crippen LogP contribution in [0.5, 0.6) is 5.75 Å². The lowest BCUT2D eigenvalue weighted by atomic mass is 10.1. The van der Waals surface area contributed by atoms with E-state index in [0.717, 1.165) is 0 Å². The molecule has 0 unspecified atom stereocenters. The first-order chi connectivity index (χ1) is 7.18. The van der Waals surface area contributed by atoms with Gasteiger partial charge >= 0.3 is 5.97 Å². The zero-order valence-corrected chi connectivity index (χ0v) is 8.16. The van der Waals surface area contributed by atoms with Crippen LogP contribution < -0.4 is 4.74 Å². The Morgan fingerprint density at radius 1 is 1.13 bits per heavy atom. The summed E-state index contributed by atoms with van der Waals surface area (Å²) in [6.07, 6.45) is 0. The van der Waals surface area contributed by atoms with E-state index in [0.29, 0.717) is 16.5 Å². The van der Waals surface area contributed by atoms with Crippen molar-refractivity contribution in [2.24, 2.45) is 0 Å². The first kappa shape index (κ1) is 9.65. The highest BCUT2D eigenvalue weighted by molar-refractivity contribution is 5.90. The van der Waals surface area contributed by atoms with Crippen molar-refractivity contribution in [2.75, 3.05) is 0 Å². The zero-order valence-electron chi connectivity index (χ0n) is 8.16. The van der Waals surface area contributed by atoms with Gasteiger partial charge in [0.15, 0.2) is 0 Å². The van der Waals surface area contributed by atoms with Gasteiger partial charge in [-0.3, -0.25) is 4.79 Å². The molecular weight excluding hydrogens is 195 g/mol. The van der Waals surface area contributed by atoms with Gasteiger partial charge in [0.05, 0.1) is 0 Å². The van der Waals surface area contributed by atoms with E-state index in [1.165, 1.54) is 19.1 Å². The molecule has 2 aromatic rings.